The maximum absolute atomic E-state index is 12.8. The number of hydrazone groups is 2. The Labute approximate surface area is 233 Å². The third kappa shape index (κ3) is 4.07. The van der Waals surface area contributed by atoms with Gasteiger partial charge in [-0.3, -0.25) is 14.9 Å². The Morgan fingerprint density at radius 1 is 0.872 bits per heavy atom. The zero-order chi connectivity index (χ0) is 27.1. The minimum Gasteiger partial charge on any atom is -0.292 e. The van der Waals surface area contributed by atoms with Crippen molar-refractivity contribution >= 4 is 57.0 Å². The Morgan fingerprint density at radius 3 is 2.26 bits per heavy atom. The molecule has 0 amide bonds. The van der Waals surface area contributed by atoms with Crippen molar-refractivity contribution in [1.82, 2.24) is 0 Å². The summed E-state index contributed by atoms with van der Waals surface area (Å²) in [4.78, 5) is 23.2. The molecule has 6 rings (SSSR count). The van der Waals surface area contributed by atoms with Crippen molar-refractivity contribution in [3.05, 3.63) is 135 Å². The molecular formula is C29H20ClN5O3S. The second-order valence-electron chi connectivity index (χ2n) is 8.88. The average molecular weight is 554 g/mol. The lowest BCUT2D eigenvalue weighted by atomic mass is 9.93. The molecule has 0 unspecified atom stereocenters. The molecule has 39 heavy (non-hydrogen) atoms. The number of hydrogen-bond acceptors (Lipinski definition) is 8. The number of anilines is 2. The molecule has 0 radical (unpaired) electrons. The molecule has 0 saturated heterocycles. The Balaban J connectivity index is 1.69. The van der Waals surface area contributed by atoms with Crippen molar-refractivity contribution in [3.63, 3.8) is 0 Å². The quantitative estimate of drug-likeness (QED) is 0.200. The highest BCUT2D eigenvalue weighted by Crippen LogP contribution is 2.56. The predicted octanol–water partition coefficient (Wildman–Crippen LogP) is 6.79. The summed E-state index contributed by atoms with van der Waals surface area (Å²) in [5.74, 6) is -0.251. The van der Waals surface area contributed by atoms with E-state index in [1.54, 1.807) is 40.3 Å². The van der Waals surface area contributed by atoms with Crippen LogP contribution in [-0.4, -0.2) is 21.5 Å². The van der Waals surface area contributed by atoms with Crippen LogP contribution in [0.5, 0.6) is 0 Å². The summed E-state index contributed by atoms with van der Waals surface area (Å²) in [5, 5.41) is 26.2. The van der Waals surface area contributed by atoms with Crippen molar-refractivity contribution in [2.75, 3.05) is 10.0 Å². The molecule has 1 atom stereocenters. The lowest BCUT2D eigenvalue weighted by Crippen LogP contribution is -2.54. The van der Waals surface area contributed by atoms with Crippen LogP contribution in [0.3, 0.4) is 0 Å². The third-order valence-corrected chi connectivity index (χ3v) is 8.13. The van der Waals surface area contributed by atoms with Gasteiger partial charge in [0.15, 0.2) is 10.8 Å². The molecule has 8 nitrogen and oxygen atoms in total. The maximum Gasteiger partial charge on any atom is 0.294 e. The van der Waals surface area contributed by atoms with Crippen LogP contribution in [0, 0.1) is 10.1 Å². The Hall–Kier alpha value is -4.47. The maximum atomic E-state index is 12.8. The van der Waals surface area contributed by atoms with Gasteiger partial charge >= 0.3 is 0 Å². The number of carbonyl (C=O) groups is 1. The average Bonchev–Trinajstić information content (AvgIpc) is 3.36. The summed E-state index contributed by atoms with van der Waals surface area (Å²) in [6.45, 7) is 1.44. The molecule has 2 aliphatic heterocycles. The third-order valence-electron chi connectivity index (χ3n) is 6.46. The molecule has 0 N–H and O–H groups in total. The number of nitro benzene ring substituents is 1. The smallest absolute Gasteiger partial charge is 0.292 e. The Morgan fingerprint density at radius 2 is 1.54 bits per heavy atom. The van der Waals surface area contributed by atoms with Gasteiger partial charge in [0.25, 0.3) is 5.69 Å². The highest BCUT2D eigenvalue weighted by Gasteiger charge is 2.56. The van der Waals surface area contributed by atoms with E-state index in [9.17, 15) is 14.9 Å². The van der Waals surface area contributed by atoms with Crippen molar-refractivity contribution in [3.8, 4) is 0 Å². The van der Waals surface area contributed by atoms with Crippen LogP contribution in [0.2, 0.25) is 5.02 Å². The fourth-order valence-electron chi connectivity index (χ4n) is 4.75. The molecule has 2 heterocycles. The van der Waals surface area contributed by atoms with E-state index in [-0.39, 0.29) is 22.2 Å². The topological polar surface area (TPSA) is 91.4 Å². The first kappa shape index (κ1) is 24.8. The minimum absolute atomic E-state index is 0.135. The van der Waals surface area contributed by atoms with Gasteiger partial charge in [0.2, 0.25) is 4.99 Å². The fourth-order valence-corrected chi connectivity index (χ4v) is 6.16. The van der Waals surface area contributed by atoms with Gasteiger partial charge in [0, 0.05) is 34.7 Å². The number of nitro groups is 1. The SMILES string of the molecule is CC(=O)C1=NN(c2ccccc2[N+](=O)[O-])[C@@]2(S1)c1ccccc1C(c1ccc(Cl)cc1)=NN2c1ccccc1. The van der Waals surface area contributed by atoms with E-state index >= 15 is 0 Å². The summed E-state index contributed by atoms with van der Waals surface area (Å²) in [5.41, 5.74) is 3.94. The summed E-state index contributed by atoms with van der Waals surface area (Å²) in [7, 11) is 0. The van der Waals surface area contributed by atoms with Crippen LogP contribution in [0.4, 0.5) is 17.1 Å². The van der Waals surface area contributed by atoms with Gasteiger partial charge in [-0.1, -0.05) is 78.3 Å². The lowest BCUT2D eigenvalue weighted by Gasteiger charge is -2.46. The van der Waals surface area contributed by atoms with Crippen LogP contribution >= 0.6 is 23.4 Å². The molecule has 10 heteroatoms. The van der Waals surface area contributed by atoms with Crippen LogP contribution in [-0.2, 0) is 9.79 Å². The molecular weight excluding hydrogens is 534 g/mol. The minimum atomic E-state index is -1.28. The van der Waals surface area contributed by atoms with Crippen LogP contribution in [0.25, 0.3) is 0 Å². The molecule has 0 aromatic heterocycles. The van der Waals surface area contributed by atoms with Crippen LogP contribution in [0.1, 0.15) is 23.6 Å². The second kappa shape index (κ2) is 9.68. The van der Waals surface area contributed by atoms with Crippen molar-refractivity contribution < 1.29 is 9.72 Å². The number of benzene rings is 4. The molecule has 4 aromatic rings. The van der Waals surface area contributed by atoms with E-state index in [1.165, 1.54) is 24.8 Å². The summed E-state index contributed by atoms with van der Waals surface area (Å²) < 4.78 is 0. The van der Waals surface area contributed by atoms with Gasteiger partial charge in [-0.2, -0.15) is 10.2 Å². The van der Waals surface area contributed by atoms with Gasteiger partial charge in [0.05, 0.1) is 16.3 Å². The number of carbonyl (C=O) groups excluding carboxylic acids is 1. The van der Waals surface area contributed by atoms with Crippen molar-refractivity contribution in [2.24, 2.45) is 10.2 Å². The normalized spacial score (nSPS) is 18.0. The van der Waals surface area contributed by atoms with E-state index in [4.69, 9.17) is 21.8 Å². The molecule has 2 aliphatic rings. The molecule has 0 saturated carbocycles. The molecule has 0 fully saturated rings. The molecule has 0 aliphatic carbocycles. The monoisotopic (exact) mass is 553 g/mol. The van der Waals surface area contributed by atoms with Gasteiger partial charge in [-0.05, 0) is 42.1 Å². The first-order chi connectivity index (χ1) is 18.9. The van der Waals surface area contributed by atoms with Crippen LogP contribution < -0.4 is 10.0 Å². The van der Waals surface area contributed by atoms with Crippen molar-refractivity contribution in [1.29, 1.82) is 0 Å². The lowest BCUT2D eigenvalue weighted by molar-refractivity contribution is -0.384. The first-order valence-electron chi connectivity index (χ1n) is 12.0. The second-order valence-corrected chi connectivity index (χ2v) is 10.5. The molecule has 4 aromatic carbocycles. The summed E-state index contributed by atoms with van der Waals surface area (Å²) >= 11 is 7.40. The highest BCUT2D eigenvalue weighted by molar-refractivity contribution is 8.17. The number of ketones is 1. The highest BCUT2D eigenvalue weighted by atomic mass is 35.5. The Bertz CT molecular complexity index is 1680. The summed E-state index contributed by atoms with van der Waals surface area (Å²) in [6.07, 6.45) is 0. The van der Waals surface area contributed by atoms with E-state index < -0.39 is 9.92 Å². The number of hydrogen-bond donors (Lipinski definition) is 0. The molecule has 192 valence electrons. The number of thioether (sulfide) groups is 1. The Kier molecular flexibility index (Phi) is 6.17. The van der Waals surface area contributed by atoms with E-state index in [0.29, 0.717) is 10.7 Å². The van der Waals surface area contributed by atoms with Gasteiger partial charge < -0.3 is 0 Å². The summed E-state index contributed by atoms with van der Waals surface area (Å²) in [6, 6.07) is 31.0. The largest absolute Gasteiger partial charge is 0.294 e. The van der Waals surface area contributed by atoms with E-state index in [1.807, 2.05) is 66.7 Å². The van der Waals surface area contributed by atoms with Crippen LogP contribution in [0.15, 0.2) is 113 Å². The van der Waals surface area contributed by atoms with E-state index in [0.717, 1.165) is 22.4 Å². The number of rotatable bonds is 5. The van der Waals surface area contributed by atoms with E-state index in [2.05, 4.69) is 0 Å². The zero-order valence-corrected chi connectivity index (χ0v) is 22.1. The number of Topliss-reactive ketones (excluding diaryl/α,β-unsaturated/α-hetero) is 1. The zero-order valence-electron chi connectivity index (χ0n) is 20.6. The first-order valence-corrected chi connectivity index (χ1v) is 13.2. The number of para-hydroxylation sites is 3. The molecule has 1 spiro atoms. The molecule has 0 bridgehead atoms. The fraction of sp³-hybridized carbons (Fsp3) is 0.0690. The number of fused-ring (bicyclic) bond motifs is 2. The number of nitrogens with zero attached hydrogens (tertiary/aromatic N) is 5. The van der Waals surface area contributed by atoms with Crippen molar-refractivity contribution in [2.45, 2.75) is 11.9 Å². The van der Waals surface area contributed by atoms with Gasteiger partial charge in [0.1, 0.15) is 5.69 Å². The standard InChI is InChI=1S/C29H20ClN5O3S/c1-19(36)28-32-34(25-13-7-8-14-26(25)35(37)38)29(39-28)24-12-6-5-11-23(24)27(20-15-17-21(30)18-16-20)31-33(29)22-9-3-2-4-10-22/h2-18H,1H3/t29-/m1/s1. The number of halogens is 1. The predicted molar refractivity (Wildman–Crippen MR) is 155 cm³/mol. The van der Waals surface area contributed by atoms with Gasteiger partial charge in [-0.25, -0.2) is 10.0 Å². The van der Waals surface area contributed by atoms with Gasteiger partial charge in [-0.15, -0.1) is 0 Å².